The molecule has 6 heteroatoms. The Labute approximate surface area is 131 Å². The van der Waals surface area contributed by atoms with Crippen molar-refractivity contribution in [1.29, 1.82) is 0 Å². The Balaban J connectivity index is 1.68. The Hall–Kier alpha value is -1.56. The number of aryl methyl sites for hydroxylation is 2. The number of fused-ring (bicyclic) bond motifs is 1. The monoisotopic (exact) mass is 323 g/mol. The molecule has 0 spiro atoms. The summed E-state index contributed by atoms with van der Waals surface area (Å²) >= 11 is 0. The van der Waals surface area contributed by atoms with Gasteiger partial charge in [-0.3, -0.25) is 4.79 Å². The highest BCUT2D eigenvalue weighted by Gasteiger charge is 2.32. The predicted molar refractivity (Wildman–Crippen MR) is 83.6 cm³/mol. The van der Waals surface area contributed by atoms with E-state index in [1.165, 1.54) is 11.1 Å². The van der Waals surface area contributed by atoms with E-state index < -0.39 is 15.8 Å². The van der Waals surface area contributed by atoms with Crippen LogP contribution in [0, 0.1) is 5.92 Å². The number of methoxy groups -OCH3 is 1. The van der Waals surface area contributed by atoms with Crippen molar-refractivity contribution in [2.24, 2.45) is 5.92 Å². The van der Waals surface area contributed by atoms with Crippen LogP contribution in [0.15, 0.2) is 12.1 Å². The normalized spacial score (nSPS) is 22.3. The molecule has 0 radical (unpaired) electrons. The van der Waals surface area contributed by atoms with Gasteiger partial charge in [-0.15, -0.1) is 0 Å². The second kappa shape index (κ2) is 5.91. The number of rotatable bonds is 4. The van der Waals surface area contributed by atoms with Crippen molar-refractivity contribution >= 4 is 15.7 Å². The zero-order valence-corrected chi connectivity index (χ0v) is 13.5. The minimum absolute atomic E-state index is 0.0276. The Bertz CT molecular complexity index is 696. The fraction of sp³-hybridized carbons (Fsp3) is 0.562. The zero-order valence-electron chi connectivity index (χ0n) is 12.7. The highest BCUT2D eigenvalue weighted by Crippen LogP contribution is 2.30. The number of nitrogens with one attached hydrogen (secondary N) is 1. The van der Waals surface area contributed by atoms with E-state index in [0.717, 1.165) is 30.6 Å². The second-order valence-electron chi connectivity index (χ2n) is 6.10. The minimum atomic E-state index is -3.03. The van der Waals surface area contributed by atoms with Crippen LogP contribution in [0.25, 0.3) is 0 Å². The molecule has 1 aliphatic heterocycles. The van der Waals surface area contributed by atoms with E-state index in [-0.39, 0.29) is 17.4 Å². The number of carbonyl (C=O) groups is 1. The molecule has 1 N–H and O–H groups in total. The maximum atomic E-state index is 12.1. The first-order valence-corrected chi connectivity index (χ1v) is 9.47. The first-order chi connectivity index (χ1) is 10.5. The third-order valence-electron chi connectivity index (χ3n) is 4.55. The number of ether oxygens (including phenoxy) is 1. The Morgan fingerprint density at radius 3 is 2.68 bits per heavy atom. The molecule has 0 aromatic heterocycles. The van der Waals surface area contributed by atoms with Crippen molar-refractivity contribution in [2.45, 2.75) is 32.2 Å². The van der Waals surface area contributed by atoms with E-state index in [2.05, 4.69) is 17.4 Å². The van der Waals surface area contributed by atoms with E-state index in [0.29, 0.717) is 13.0 Å². The maximum absolute atomic E-state index is 12.1. The average molecular weight is 323 g/mol. The lowest BCUT2D eigenvalue weighted by atomic mass is 10.0. The molecule has 5 nitrogen and oxygen atoms in total. The highest BCUT2D eigenvalue weighted by molar-refractivity contribution is 7.91. The summed E-state index contributed by atoms with van der Waals surface area (Å²) in [4.78, 5) is 12.1. The van der Waals surface area contributed by atoms with Gasteiger partial charge in [-0.25, -0.2) is 8.42 Å². The van der Waals surface area contributed by atoms with Crippen LogP contribution in [0.5, 0.6) is 5.75 Å². The predicted octanol–water partition coefficient (Wildman–Crippen LogP) is 1.23. The van der Waals surface area contributed by atoms with Gasteiger partial charge in [-0.1, -0.05) is 6.07 Å². The van der Waals surface area contributed by atoms with Gasteiger partial charge < -0.3 is 10.1 Å². The first kappa shape index (κ1) is 15.3. The SMILES string of the molecule is COc1cc2c(cc1CNC(=O)[C@H]1CCS(=O)(=O)C1)CCC2. The van der Waals surface area contributed by atoms with Gasteiger partial charge >= 0.3 is 0 Å². The van der Waals surface area contributed by atoms with Crippen LogP contribution in [0.2, 0.25) is 0 Å². The van der Waals surface area contributed by atoms with E-state index in [1.807, 2.05) is 0 Å². The third-order valence-corrected chi connectivity index (χ3v) is 6.32. The van der Waals surface area contributed by atoms with E-state index in [9.17, 15) is 13.2 Å². The van der Waals surface area contributed by atoms with Gasteiger partial charge in [0.05, 0.1) is 24.5 Å². The molecule has 1 fully saturated rings. The van der Waals surface area contributed by atoms with Crippen molar-refractivity contribution in [2.75, 3.05) is 18.6 Å². The topological polar surface area (TPSA) is 72.5 Å². The van der Waals surface area contributed by atoms with E-state index in [1.54, 1.807) is 7.11 Å². The largest absolute Gasteiger partial charge is 0.496 e. The van der Waals surface area contributed by atoms with Crippen LogP contribution < -0.4 is 10.1 Å². The molecule has 22 heavy (non-hydrogen) atoms. The van der Waals surface area contributed by atoms with Gasteiger partial charge in [0.1, 0.15) is 5.75 Å². The second-order valence-corrected chi connectivity index (χ2v) is 8.33. The molecule has 3 rings (SSSR count). The fourth-order valence-electron chi connectivity index (χ4n) is 3.31. The Morgan fingerprint density at radius 2 is 2.05 bits per heavy atom. The molecular weight excluding hydrogens is 302 g/mol. The van der Waals surface area contributed by atoms with Gasteiger partial charge in [-0.2, -0.15) is 0 Å². The van der Waals surface area contributed by atoms with Gasteiger partial charge in [0.15, 0.2) is 9.84 Å². The Kier molecular flexibility index (Phi) is 4.12. The molecule has 1 aromatic rings. The van der Waals surface area contributed by atoms with Gasteiger partial charge in [0.25, 0.3) is 0 Å². The van der Waals surface area contributed by atoms with Crippen LogP contribution in [0.3, 0.4) is 0 Å². The lowest BCUT2D eigenvalue weighted by Crippen LogP contribution is -2.31. The molecule has 1 saturated heterocycles. The lowest BCUT2D eigenvalue weighted by Gasteiger charge is -2.14. The number of benzene rings is 1. The van der Waals surface area contributed by atoms with Crippen LogP contribution >= 0.6 is 0 Å². The van der Waals surface area contributed by atoms with Crippen LogP contribution in [-0.4, -0.2) is 32.9 Å². The van der Waals surface area contributed by atoms with Crippen molar-refractivity contribution in [3.8, 4) is 5.75 Å². The fourth-order valence-corrected chi connectivity index (χ4v) is 5.05. The molecule has 0 saturated carbocycles. The number of hydrogen-bond acceptors (Lipinski definition) is 4. The van der Waals surface area contributed by atoms with Crippen molar-refractivity contribution < 1.29 is 17.9 Å². The first-order valence-electron chi connectivity index (χ1n) is 7.65. The standard InChI is InChI=1S/C16H21NO4S/c1-21-15-8-12-4-2-3-11(12)7-14(15)9-17-16(18)13-5-6-22(19,20)10-13/h7-8,13H,2-6,9-10H2,1H3,(H,17,18)/t13-/m0/s1. The molecule has 1 aliphatic carbocycles. The number of amides is 1. The Morgan fingerprint density at radius 1 is 1.32 bits per heavy atom. The molecule has 0 bridgehead atoms. The quantitative estimate of drug-likeness (QED) is 0.905. The van der Waals surface area contributed by atoms with Crippen LogP contribution in [0.1, 0.15) is 29.5 Å². The molecule has 1 atom stereocenters. The van der Waals surface area contributed by atoms with Crippen molar-refractivity contribution in [1.82, 2.24) is 5.32 Å². The maximum Gasteiger partial charge on any atom is 0.224 e. The summed E-state index contributed by atoms with van der Waals surface area (Å²) in [5.41, 5.74) is 3.61. The smallest absolute Gasteiger partial charge is 0.224 e. The van der Waals surface area contributed by atoms with Crippen LogP contribution in [-0.2, 0) is 34.0 Å². The summed E-state index contributed by atoms with van der Waals surface area (Å²) in [6.45, 7) is 0.381. The van der Waals surface area contributed by atoms with Gasteiger partial charge in [-0.05, 0) is 42.9 Å². The van der Waals surface area contributed by atoms with Gasteiger partial charge in [0.2, 0.25) is 5.91 Å². The summed E-state index contributed by atoms with van der Waals surface area (Å²) in [6, 6.07) is 4.16. The van der Waals surface area contributed by atoms with Crippen molar-refractivity contribution in [3.05, 3.63) is 28.8 Å². The minimum Gasteiger partial charge on any atom is -0.496 e. The molecular formula is C16H21NO4S. The molecule has 0 unspecified atom stereocenters. The van der Waals surface area contributed by atoms with E-state index >= 15 is 0 Å². The summed E-state index contributed by atoms with van der Waals surface area (Å²) in [6.07, 6.45) is 3.74. The van der Waals surface area contributed by atoms with Crippen LogP contribution in [0.4, 0.5) is 0 Å². The van der Waals surface area contributed by atoms with E-state index in [4.69, 9.17) is 4.74 Å². The summed E-state index contributed by atoms with van der Waals surface area (Å²) < 4.78 is 28.3. The third kappa shape index (κ3) is 3.11. The summed E-state index contributed by atoms with van der Waals surface area (Å²) in [5.74, 6) is 0.294. The molecule has 1 amide bonds. The average Bonchev–Trinajstić information content (AvgIpc) is 3.08. The number of carbonyl (C=O) groups excluding carboxylic acids is 1. The number of hydrogen-bond donors (Lipinski definition) is 1. The summed E-state index contributed by atoms with van der Waals surface area (Å²) in [5, 5.41) is 2.86. The zero-order chi connectivity index (χ0) is 15.7. The lowest BCUT2D eigenvalue weighted by molar-refractivity contribution is -0.124. The van der Waals surface area contributed by atoms with Crippen molar-refractivity contribution in [3.63, 3.8) is 0 Å². The number of sulfone groups is 1. The molecule has 1 heterocycles. The summed E-state index contributed by atoms with van der Waals surface area (Å²) in [7, 11) is -1.40. The molecule has 2 aliphatic rings. The van der Waals surface area contributed by atoms with Gasteiger partial charge in [0, 0.05) is 12.1 Å². The molecule has 120 valence electrons. The molecule has 1 aromatic carbocycles. The highest BCUT2D eigenvalue weighted by atomic mass is 32.2.